The maximum Gasteiger partial charge on any atom is 0.355 e. The van der Waals surface area contributed by atoms with Crippen molar-refractivity contribution < 1.29 is 45.3 Å². The van der Waals surface area contributed by atoms with Crippen LogP contribution in [-0.4, -0.2) is 87.9 Å². The van der Waals surface area contributed by atoms with Crippen molar-refractivity contribution in [2.24, 2.45) is 18.9 Å². The topological polar surface area (TPSA) is 133 Å². The predicted octanol–water partition coefficient (Wildman–Crippen LogP) is 7.69. The molecule has 4 aliphatic rings. The van der Waals surface area contributed by atoms with Crippen molar-refractivity contribution in [3.05, 3.63) is 107 Å². The number of aromatic carboxylic acids is 1. The number of benzene rings is 3. The monoisotopic (exact) mass is 934 g/mol. The van der Waals surface area contributed by atoms with E-state index in [0.717, 1.165) is 97.6 Å². The molecule has 2 atom stereocenters. The van der Waals surface area contributed by atoms with Gasteiger partial charge in [-0.25, -0.2) is 9.78 Å². The Bertz CT molecular complexity index is 2510. The third kappa shape index (κ3) is 9.53. The first-order chi connectivity index (χ1) is 30.0. The van der Waals surface area contributed by atoms with Crippen molar-refractivity contribution in [3.8, 4) is 16.9 Å². The van der Waals surface area contributed by atoms with Crippen molar-refractivity contribution in [1.82, 2.24) is 25.0 Å². The summed E-state index contributed by atoms with van der Waals surface area (Å²) in [7, 11) is 1.92. The first-order valence-electron chi connectivity index (χ1n) is 22.4. The number of anilines is 2. The molecular formula is C50H58MoN7O5-. The summed E-state index contributed by atoms with van der Waals surface area (Å²) in [5.74, 6) is 0.925. The molecule has 3 fully saturated rings. The molecule has 1 aliphatic carbocycles. The fourth-order valence-electron chi connectivity index (χ4n) is 10.5. The zero-order valence-electron chi connectivity index (χ0n) is 36.6. The molecule has 63 heavy (non-hydrogen) atoms. The van der Waals surface area contributed by atoms with Crippen LogP contribution in [0.25, 0.3) is 22.0 Å². The Kier molecular flexibility index (Phi) is 13.3. The summed E-state index contributed by atoms with van der Waals surface area (Å²) in [5.41, 5.74) is 8.93. The molecule has 12 nitrogen and oxygen atoms in total. The second-order valence-electron chi connectivity index (χ2n) is 18.2. The summed E-state index contributed by atoms with van der Waals surface area (Å²) < 4.78 is 8.40. The molecule has 0 radical (unpaired) electrons. The van der Waals surface area contributed by atoms with Gasteiger partial charge in [0.15, 0.2) is 5.69 Å². The molecule has 2 unspecified atom stereocenters. The number of nitrogens with zero attached hydrogens (tertiary/aromatic N) is 6. The van der Waals surface area contributed by atoms with Crippen LogP contribution < -0.4 is 19.9 Å². The van der Waals surface area contributed by atoms with Gasteiger partial charge in [-0.05, 0) is 117 Å². The molecule has 1 saturated carbocycles. The average molecular weight is 933 g/mol. The van der Waals surface area contributed by atoms with Crippen LogP contribution in [0.3, 0.4) is 0 Å². The number of carbonyl (C=O) groups excluding carboxylic acids is 2. The van der Waals surface area contributed by atoms with Crippen LogP contribution in [0.4, 0.5) is 11.5 Å². The molecule has 5 aromatic rings. The molecule has 330 valence electrons. The number of carbonyl (C=O) groups is 3. The first kappa shape index (κ1) is 44.4. The number of fused-ring (bicyclic) bond motifs is 2. The van der Waals surface area contributed by atoms with Gasteiger partial charge in [0, 0.05) is 97.0 Å². The van der Waals surface area contributed by atoms with E-state index in [-0.39, 0.29) is 44.7 Å². The SMILES string of the molecule is [CH2-]c1cccc2c1CN(c1ccc(-c3ccc(OC4CCC(CC(C)CN5CCN(c6ccc7c(C8CCC(=O)NC8=O)nn(C)c7c6)CC5)CC4)cc3C)c(C(=O)O)n1)CC2.[Mo]. The third-order valence-electron chi connectivity index (χ3n) is 13.8. The molecular weight excluding hydrogens is 875 g/mol. The minimum atomic E-state index is -1.04. The van der Waals surface area contributed by atoms with Crippen LogP contribution in [-0.2, 0) is 50.7 Å². The molecule has 9 rings (SSSR count). The van der Waals surface area contributed by atoms with E-state index in [0.29, 0.717) is 42.6 Å². The van der Waals surface area contributed by atoms with E-state index in [1.165, 1.54) is 36.1 Å². The van der Waals surface area contributed by atoms with Gasteiger partial charge in [-0.1, -0.05) is 24.6 Å². The maximum absolute atomic E-state index is 12.6. The second kappa shape index (κ2) is 18.9. The van der Waals surface area contributed by atoms with Crippen LogP contribution in [0.5, 0.6) is 5.75 Å². The smallest absolute Gasteiger partial charge is 0.355 e. The average Bonchev–Trinajstić information content (AvgIpc) is 3.59. The van der Waals surface area contributed by atoms with Crippen LogP contribution >= 0.6 is 0 Å². The zero-order valence-corrected chi connectivity index (χ0v) is 38.7. The summed E-state index contributed by atoms with van der Waals surface area (Å²) in [6.07, 6.45) is 7.53. The van der Waals surface area contributed by atoms with E-state index in [9.17, 15) is 19.5 Å². The van der Waals surface area contributed by atoms with E-state index in [1.54, 1.807) is 0 Å². The van der Waals surface area contributed by atoms with E-state index >= 15 is 0 Å². The standard InChI is InChI=1S/C50H58N7O5.Mo/c1-31(29-55-22-24-56(25-23-55)36-10-14-41-44(28-36)54(4)53-47(41)42-17-19-46(58)52-49(42)59)26-34-8-11-37(12-9-34)62-38-13-15-39(33(3)27-38)40-16-18-45(51-48(40)50(60)61)57-21-20-35-7-5-6-32(2)43(35)30-57;/h5-7,10,13-16,18,27-28,31,34,37,42H,2,8-9,11-12,17,19-26,29-30H2,1,3-4H3,(H,60,61)(H,52,58,59);/q-1;. The Morgan fingerprint density at radius 1 is 0.921 bits per heavy atom. The Morgan fingerprint density at radius 2 is 1.70 bits per heavy atom. The number of piperazine rings is 1. The Balaban J connectivity index is 0.00000544. The Morgan fingerprint density at radius 3 is 2.44 bits per heavy atom. The van der Waals surface area contributed by atoms with Gasteiger partial charge in [-0.2, -0.15) is 23.7 Å². The van der Waals surface area contributed by atoms with Gasteiger partial charge >= 0.3 is 5.97 Å². The number of piperidine rings is 1. The van der Waals surface area contributed by atoms with Gasteiger partial charge in [-0.15, -0.1) is 11.6 Å². The molecule has 3 aromatic carbocycles. The van der Waals surface area contributed by atoms with Gasteiger partial charge in [0.05, 0.1) is 23.2 Å². The predicted molar refractivity (Wildman–Crippen MR) is 242 cm³/mol. The molecule has 5 heterocycles. The van der Waals surface area contributed by atoms with Gasteiger partial charge in [0.1, 0.15) is 11.6 Å². The number of ether oxygens (including phenoxy) is 1. The Hall–Kier alpha value is -5.19. The molecule has 3 aliphatic heterocycles. The quantitative estimate of drug-likeness (QED) is 0.0772. The maximum atomic E-state index is 12.6. The van der Waals surface area contributed by atoms with Crippen molar-refractivity contribution in [2.45, 2.75) is 83.8 Å². The van der Waals surface area contributed by atoms with Crippen LogP contribution in [0.15, 0.2) is 66.7 Å². The number of imide groups is 1. The molecule has 2 saturated heterocycles. The van der Waals surface area contributed by atoms with Crippen molar-refractivity contribution >= 4 is 40.2 Å². The molecule has 13 heteroatoms. The molecule has 0 spiro atoms. The molecule has 0 bridgehead atoms. The number of nitrogens with one attached hydrogen (secondary N) is 1. The van der Waals surface area contributed by atoms with Crippen molar-refractivity contribution in [2.75, 3.05) is 49.1 Å². The van der Waals surface area contributed by atoms with Crippen molar-refractivity contribution in [3.63, 3.8) is 0 Å². The normalized spacial score (nSPS) is 21.1. The van der Waals surface area contributed by atoms with E-state index in [1.807, 2.05) is 61.1 Å². The summed E-state index contributed by atoms with van der Waals surface area (Å²) in [6.45, 7) is 15.2. The second-order valence-corrected chi connectivity index (χ2v) is 18.2. The van der Waals surface area contributed by atoms with E-state index < -0.39 is 11.9 Å². The van der Waals surface area contributed by atoms with Crippen LogP contribution in [0.1, 0.15) is 96.2 Å². The van der Waals surface area contributed by atoms with Gasteiger partial charge < -0.3 is 19.6 Å². The number of aromatic nitrogens is 3. The third-order valence-corrected chi connectivity index (χ3v) is 13.8. The fraction of sp³-hybridized carbons (Fsp3) is 0.440. The molecule has 2 N–H and O–H groups in total. The number of hydrogen-bond donors (Lipinski definition) is 2. The number of pyridine rings is 1. The van der Waals surface area contributed by atoms with E-state index in [2.05, 4.69) is 63.1 Å². The van der Waals surface area contributed by atoms with Gasteiger partial charge in [-0.3, -0.25) is 24.5 Å². The number of rotatable bonds is 11. The first-order valence-corrected chi connectivity index (χ1v) is 22.4. The van der Waals surface area contributed by atoms with E-state index in [4.69, 9.17) is 9.84 Å². The largest absolute Gasteiger partial charge is 0.490 e. The van der Waals surface area contributed by atoms with Crippen molar-refractivity contribution in [1.29, 1.82) is 0 Å². The van der Waals surface area contributed by atoms with Gasteiger partial charge in [0.2, 0.25) is 11.8 Å². The summed E-state index contributed by atoms with van der Waals surface area (Å²) in [4.78, 5) is 48.7. The summed E-state index contributed by atoms with van der Waals surface area (Å²) >= 11 is 0. The number of carboxylic acid groups (broad SMARTS) is 1. The molecule has 2 aromatic heterocycles. The van der Waals surface area contributed by atoms with Crippen LogP contribution in [0.2, 0.25) is 0 Å². The minimum absolute atomic E-state index is 0. The number of amides is 2. The molecule has 2 amide bonds. The number of aryl methyl sites for hydroxylation is 2. The van der Waals surface area contributed by atoms with Gasteiger partial charge in [0.25, 0.3) is 0 Å². The Labute approximate surface area is 384 Å². The minimum Gasteiger partial charge on any atom is -0.490 e. The van der Waals surface area contributed by atoms with Crippen LogP contribution in [0, 0.1) is 25.7 Å². The zero-order chi connectivity index (χ0) is 43.1. The number of hydrogen-bond acceptors (Lipinski definition) is 9. The fourth-order valence-corrected chi connectivity index (χ4v) is 10.5. The summed E-state index contributed by atoms with van der Waals surface area (Å²) in [6, 6.07) is 22.5. The number of carboxylic acids is 1. The summed E-state index contributed by atoms with van der Waals surface area (Å²) in [5, 5.41) is 18.4.